The van der Waals surface area contributed by atoms with Gasteiger partial charge >= 0.3 is 5.97 Å². The Kier molecular flexibility index (Phi) is 4.59. The van der Waals surface area contributed by atoms with Crippen LogP contribution >= 0.6 is 0 Å². The first-order valence-corrected chi connectivity index (χ1v) is 10.6. The number of fused-ring (bicyclic) bond motifs is 4. The maximum absolute atomic E-state index is 13.5. The van der Waals surface area contributed by atoms with Crippen molar-refractivity contribution in [3.8, 4) is 5.75 Å². The summed E-state index contributed by atoms with van der Waals surface area (Å²) in [5, 5.41) is 1.17. The first-order valence-electron chi connectivity index (χ1n) is 10.6. The van der Waals surface area contributed by atoms with Crippen molar-refractivity contribution in [2.24, 2.45) is 11.8 Å². The maximum atomic E-state index is 13.5. The lowest BCUT2D eigenvalue weighted by molar-refractivity contribution is -0.162. The summed E-state index contributed by atoms with van der Waals surface area (Å²) in [5.41, 5.74) is 2.77. The largest absolute Gasteiger partial charge is 0.497 e. The van der Waals surface area contributed by atoms with Gasteiger partial charge in [0.2, 0.25) is 0 Å². The molecule has 156 valence electrons. The second kappa shape index (κ2) is 7.03. The zero-order valence-electron chi connectivity index (χ0n) is 17.5. The number of nitrogens with one attached hydrogen (secondary N) is 1. The number of hydrogen-bond acceptors (Lipinski definition) is 5. The standard InChI is InChI=1S/C23H30N2O4/c1-27-9-7-15-10-14-12-23(22(26)29-3)20-17(6-8-25(13-14)21(15)23)18-11-16(28-2)4-5-19(18)24-20/h4-5,11,14-15,21,24H,6-10,12-13H2,1-3H3. The van der Waals surface area contributed by atoms with Crippen LogP contribution in [-0.2, 0) is 26.1 Å². The summed E-state index contributed by atoms with van der Waals surface area (Å²) in [6.07, 6.45) is 3.95. The molecule has 1 aromatic heterocycles. The van der Waals surface area contributed by atoms with Crippen molar-refractivity contribution < 1.29 is 19.0 Å². The molecule has 6 nitrogen and oxygen atoms in total. The average Bonchev–Trinajstić information content (AvgIpc) is 3.08. The van der Waals surface area contributed by atoms with Crippen molar-refractivity contribution in [1.82, 2.24) is 9.88 Å². The van der Waals surface area contributed by atoms with E-state index in [-0.39, 0.29) is 12.0 Å². The lowest BCUT2D eigenvalue weighted by Crippen LogP contribution is -2.67. The molecular weight excluding hydrogens is 368 g/mol. The zero-order valence-corrected chi connectivity index (χ0v) is 17.5. The molecule has 3 aliphatic heterocycles. The van der Waals surface area contributed by atoms with Gasteiger partial charge in [0.1, 0.15) is 11.2 Å². The molecule has 1 aromatic carbocycles. The fourth-order valence-electron chi connectivity index (χ4n) is 6.58. The highest BCUT2D eigenvalue weighted by atomic mass is 16.5. The highest BCUT2D eigenvalue weighted by Gasteiger charge is 2.62. The highest BCUT2D eigenvalue weighted by molar-refractivity contribution is 5.92. The Morgan fingerprint density at radius 3 is 2.93 bits per heavy atom. The molecule has 1 N–H and O–H groups in total. The van der Waals surface area contributed by atoms with Gasteiger partial charge in [0, 0.05) is 49.4 Å². The molecule has 6 rings (SSSR count). The van der Waals surface area contributed by atoms with Crippen molar-refractivity contribution in [3.05, 3.63) is 29.5 Å². The second-order valence-corrected chi connectivity index (χ2v) is 8.89. The Morgan fingerprint density at radius 2 is 2.17 bits per heavy atom. The molecule has 2 saturated heterocycles. The molecule has 6 heteroatoms. The summed E-state index contributed by atoms with van der Waals surface area (Å²) in [5.74, 6) is 1.70. The maximum Gasteiger partial charge on any atom is 0.319 e. The predicted octanol–water partition coefficient (Wildman–Crippen LogP) is 2.89. The molecule has 0 spiro atoms. The number of benzene rings is 1. The number of carbonyl (C=O) groups excluding carboxylic acids is 1. The number of nitrogens with zero attached hydrogens (tertiary/aromatic N) is 1. The molecule has 4 aliphatic rings. The lowest BCUT2D eigenvalue weighted by atomic mass is 9.56. The molecular formula is C23H30N2O4. The van der Waals surface area contributed by atoms with Crippen molar-refractivity contribution in [2.45, 2.75) is 37.1 Å². The number of aromatic nitrogens is 1. The summed E-state index contributed by atoms with van der Waals surface area (Å²) in [6, 6.07) is 6.30. The molecule has 29 heavy (non-hydrogen) atoms. The van der Waals surface area contributed by atoms with Crippen LogP contribution in [0, 0.1) is 11.8 Å². The van der Waals surface area contributed by atoms with Crippen molar-refractivity contribution in [2.75, 3.05) is 41.0 Å². The minimum atomic E-state index is -0.633. The van der Waals surface area contributed by atoms with Gasteiger partial charge in [0.25, 0.3) is 0 Å². The minimum absolute atomic E-state index is 0.0963. The Morgan fingerprint density at radius 1 is 1.31 bits per heavy atom. The van der Waals surface area contributed by atoms with Crippen molar-refractivity contribution in [1.29, 1.82) is 0 Å². The van der Waals surface area contributed by atoms with Crippen LogP contribution in [0.1, 0.15) is 30.5 Å². The summed E-state index contributed by atoms with van der Waals surface area (Å²) >= 11 is 0. The van der Waals surface area contributed by atoms with E-state index in [0.29, 0.717) is 11.8 Å². The molecule has 1 aliphatic carbocycles. The zero-order chi connectivity index (χ0) is 20.2. The molecule has 0 radical (unpaired) electrons. The van der Waals surface area contributed by atoms with Crippen LogP contribution in [0.3, 0.4) is 0 Å². The van der Waals surface area contributed by atoms with Gasteiger partial charge in [0.15, 0.2) is 0 Å². The second-order valence-electron chi connectivity index (χ2n) is 8.89. The monoisotopic (exact) mass is 398 g/mol. The molecule has 4 heterocycles. The van der Waals surface area contributed by atoms with E-state index < -0.39 is 5.41 Å². The van der Waals surface area contributed by atoms with Crippen LogP contribution < -0.4 is 4.74 Å². The molecule has 3 fully saturated rings. The SMILES string of the molecule is COCCC1CC2CN3CCc4c([nH]c5ccc(OC)cc45)C(C(=O)OC)(C2)C13. The molecule has 0 amide bonds. The van der Waals surface area contributed by atoms with Gasteiger partial charge in [-0.15, -0.1) is 0 Å². The average molecular weight is 399 g/mol. The first-order chi connectivity index (χ1) is 14.1. The predicted molar refractivity (Wildman–Crippen MR) is 110 cm³/mol. The van der Waals surface area contributed by atoms with Gasteiger partial charge < -0.3 is 19.2 Å². The Bertz CT molecular complexity index is 938. The van der Waals surface area contributed by atoms with Gasteiger partial charge in [-0.3, -0.25) is 9.69 Å². The van der Waals surface area contributed by atoms with Gasteiger partial charge in [-0.2, -0.15) is 0 Å². The van der Waals surface area contributed by atoms with Crippen molar-refractivity contribution >= 4 is 16.9 Å². The summed E-state index contributed by atoms with van der Waals surface area (Å²) in [6.45, 7) is 2.79. The van der Waals surface area contributed by atoms with E-state index in [0.717, 1.165) is 55.9 Å². The number of rotatable bonds is 5. The molecule has 5 unspecified atom stereocenters. The van der Waals surface area contributed by atoms with Crippen LogP contribution in [0.5, 0.6) is 5.75 Å². The number of ether oxygens (including phenoxy) is 3. The normalized spacial score (nSPS) is 32.7. The van der Waals surface area contributed by atoms with Crippen LogP contribution in [0.25, 0.3) is 10.9 Å². The van der Waals surface area contributed by atoms with Crippen LogP contribution in [0.15, 0.2) is 18.2 Å². The fourth-order valence-corrected chi connectivity index (χ4v) is 6.58. The number of esters is 1. The summed E-state index contributed by atoms with van der Waals surface area (Å²) in [7, 11) is 4.98. The number of carbonyl (C=O) groups is 1. The number of methoxy groups -OCH3 is 3. The first kappa shape index (κ1) is 18.9. The number of piperidine rings is 2. The van der Waals surface area contributed by atoms with E-state index in [4.69, 9.17) is 14.2 Å². The topological polar surface area (TPSA) is 63.8 Å². The third-order valence-corrected chi connectivity index (χ3v) is 7.54. The molecule has 4 bridgehead atoms. The van der Waals surface area contributed by atoms with Crippen molar-refractivity contribution in [3.63, 3.8) is 0 Å². The van der Waals surface area contributed by atoms with E-state index in [1.54, 1.807) is 14.2 Å². The minimum Gasteiger partial charge on any atom is -0.497 e. The Hall–Kier alpha value is -2.05. The van der Waals surface area contributed by atoms with Crippen LogP contribution in [0.2, 0.25) is 0 Å². The van der Waals surface area contributed by atoms with Crippen LogP contribution in [0.4, 0.5) is 0 Å². The van der Waals surface area contributed by atoms with E-state index in [1.165, 1.54) is 24.5 Å². The van der Waals surface area contributed by atoms with Gasteiger partial charge in [-0.25, -0.2) is 0 Å². The molecule has 1 saturated carbocycles. The van der Waals surface area contributed by atoms with E-state index >= 15 is 0 Å². The Labute approximate surface area is 171 Å². The number of hydrogen-bond donors (Lipinski definition) is 1. The molecule has 2 aromatic rings. The smallest absolute Gasteiger partial charge is 0.319 e. The van der Waals surface area contributed by atoms with Crippen LogP contribution in [-0.4, -0.2) is 62.9 Å². The summed E-state index contributed by atoms with van der Waals surface area (Å²) < 4.78 is 16.4. The van der Waals surface area contributed by atoms with Gasteiger partial charge in [-0.1, -0.05) is 0 Å². The van der Waals surface area contributed by atoms with Gasteiger partial charge in [-0.05, 0) is 61.3 Å². The number of aromatic amines is 1. The molecule has 5 atom stereocenters. The third-order valence-electron chi connectivity index (χ3n) is 7.54. The van der Waals surface area contributed by atoms with E-state index in [9.17, 15) is 4.79 Å². The fraction of sp³-hybridized carbons (Fsp3) is 0.609. The lowest BCUT2D eigenvalue weighted by Gasteiger charge is -2.58. The number of H-pyrrole nitrogens is 1. The van der Waals surface area contributed by atoms with E-state index in [2.05, 4.69) is 22.0 Å². The summed E-state index contributed by atoms with van der Waals surface area (Å²) in [4.78, 5) is 19.7. The third kappa shape index (κ3) is 2.65. The Balaban J connectivity index is 1.72. The quantitative estimate of drug-likeness (QED) is 0.785. The van der Waals surface area contributed by atoms with Gasteiger partial charge in [0.05, 0.1) is 14.2 Å². The van der Waals surface area contributed by atoms with E-state index in [1.807, 2.05) is 6.07 Å². The highest BCUT2D eigenvalue weighted by Crippen LogP contribution is 2.55.